The summed E-state index contributed by atoms with van der Waals surface area (Å²) in [6.45, 7) is 4.21. The van der Waals surface area contributed by atoms with Gasteiger partial charge in [-0.3, -0.25) is 4.79 Å². The van der Waals surface area contributed by atoms with Crippen LogP contribution in [0.3, 0.4) is 0 Å². The van der Waals surface area contributed by atoms with Crippen LogP contribution < -0.4 is 16.0 Å². The monoisotopic (exact) mass is 508 g/mol. The Labute approximate surface area is 216 Å². The Morgan fingerprint density at radius 1 is 1.00 bits per heavy atom. The quantitative estimate of drug-likeness (QED) is 0.319. The first kappa shape index (κ1) is 24.5. The molecule has 2 aromatic heterocycles. The molecule has 5 aromatic rings. The van der Waals surface area contributed by atoms with Crippen molar-refractivity contribution in [1.82, 2.24) is 14.2 Å². The molecule has 0 radical (unpaired) electrons. The number of hydrogen-bond acceptors (Lipinski definition) is 5. The number of aromatic carboxylic acids is 1. The number of aromatic nitrogens is 3. The van der Waals surface area contributed by atoms with Gasteiger partial charge in [-0.1, -0.05) is 24.3 Å². The summed E-state index contributed by atoms with van der Waals surface area (Å²) in [6.07, 6.45) is 1.51. The molecular formula is C29H24N4O5. The first-order valence-electron chi connectivity index (χ1n) is 11.8. The Hall–Kier alpha value is -5.18. The first-order valence-corrected chi connectivity index (χ1v) is 11.8. The van der Waals surface area contributed by atoms with Gasteiger partial charge in [-0.2, -0.15) is 5.10 Å². The highest BCUT2D eigenvalue weighted by molar-refractivity contribution is 5.87. The molecule has 0 unspecified atom stereocenters. The number of carbonyl (C=O) groups is 1. The van der Waals surface area contributed by atoms with Crippen molar-refractivity contribution in [2.45, 2.75) is 20.5 Å². The molecule has 38 heavy (non-hydrogen) atoms. The minimum atomic E-state index is -0.964. The molecule has 0 fully saturated rings. The van der Waals surface area contributed by atoms with Gasteiger partial charge >= 0.3 is 11.7 Å². The average molecular weight is 509 g/mol. The molecule has 0 aliphatic carbocycles. The molecule has 0 bridgehead atoms. The molecule has 0 aliphatic heterocycles. The molecule has 190 valence electrons. The van der Waals surface area contributed by atoms with Crippen molar-refractivity contribution in [2.24, 2.45) is 5.10 Å². The van der Waals surface area contributed by atoms with Gasteiger partial charge in [0.1, 0.15) is 12.4 Å². The van der Waals surface area contributed by atoms with E-state index < -0.39 is 17.2 Å². The lowest BCUT2D eigenvalue weighted by Crippen LogP contribution is -2.32. The van der Waals surface area contributed by atoms with Crippen molar-refractivity contribution < 1.29 is 14.6 Å². The number of para-hydroxylation sites is 1. The first-order chi connectivity index (χ1) is 18.3. The fourth-order valence-electron chi connectivity index (χ4n) is 4.30. The number of benzene rings is 3. The summed E-state index contributed by atoms with van der Waals surface area (Å²) in [6, 6.07) is 22.9. The van der Waals surface area contributed by atoms with Gasteiger partial charge in [0, 0.05) is 22.6 Å². The van der Waals surface area contributed by atoms with Crippen LogP contribution in [0.1, 0.15) is 32.9 Å². The zero-order valence-electron chi connectivity index (χ0n) is 20.7. The van der Waals surface area contributed by atoms with Gasteiger partial charge in [-0.25, -0.2) is 9.59 Å². The number of nitrogens with one attached hydrogen (secondary N) is 1. The van der Waals surface area contributed by atoms with E-state index in [2.05, 4.69) is 10.1 Å². The Bertz CT molecular complexity index is 1790. The van der Waals surface area contributed by atoms with Gasteiger partial charge in [-0.05, 0) is 74.0 Å². The number of ether oxygens (including phenoxy) is 1. The number of hydrogen-bond donors (Lipinski definition) is 2. The molecular weight excluding hydrogens is 484 g/mol. The van der Waals surface area contributed by atoms with Gasteiger partial charge < -0.3 is 19.4 Å². The van der Waals surface area contributed by atoms with Crippen LogP contribution in [0.2, 0.25) is 0 Å². The highest BCUT2D eigenvalue weighted by atomic mass is 16.5. The lowest BCUT2D eigenvalue weighted by atomic mass is 10.1. The number of aromatic amines is 1. The number of carboxylic acid groups (broad SMARTS) is 1. The molecule has 2 heterocycles. The highest BCUT2D eigenvalue weighted by Crippen LogP contribution is 2.23. The Morgan fingerprint density at radius 2 is 1.71 bits per heavy atom. The zero-order chi connectivity index (χ0) is 26.8. The Balaban J connectivity index is 1.35. The lowest BCUT2D eigenvalue weighted by Gasteiger charge is -2.11. The fraction of sp³-hybridized carbons (Fsp3) is 0.103. The topological polar surface area (TPSA) is 119 Å². The minimum absolute atomic E-state index is 0.233. The van der Waals surface area contributed by atoms with Crippen LogP contribution in [0.5, 0.6) is 5.75 Å². The maximum absolute atomic E-state index is 12.8. The molecule has 9 nitrogen and oxygen atoms in total. The van der Waals surface area contributed by atoms with E-state index in [1.165, 1.54) is 6.21 Å². The van der Waals surface area contributed by atoms with Crippen LogP contribution in [0.25, 0.3) is 16.6 Å². The van der Waals surface area contributed by atoms with Crippen LogP contribution >= 0.6 is 0 Å². The second kappa shape index (κ2) is 10.1. The molecule has 2 N–H and O–H groups in total. The van der Waals surface area contributed by atoms with Crippen LogP contribution in [-0.2, 0) is 6.61 Å². The van der Waals surface area contributed by atoms with Gasteiger partial charge in [0.25, 0.3) is 5.56 Å². The molecule has 0 saturated carbocycles. The van der Waals surface area contributed by atoms with E-state index in [-0.39, 0.29) is 5.56 Å². The fourth-order valence-corrected chi connectivity index (χ4v) is 4.30. The lowest BCUT2D eigenvalue weighted by molar-refractivity contribution is 0.0697. The number of rotatable bonds is 7. The number of fused-ring (bicyclic) bond motifs is 1. The van der Waals surface area contributed by atoms with Crippen LogP contribution in [-0.4, -0.2) is 31.5 Å². The molecule has 3 aromatic carbocycles. The van der Waals surface area contributed by atoms with Crippen molar-refractivity contribution in [3.8, 4) is 11.4 Å². The van der Waals surface area contributed by atoms with E-state index in [0.717, 1.165) is 32.9 Å². The normalized spacial score (nSPS) is 11.3. The summed E-state index contributed by atoms with van der Waals surface area (Å²) in [5.41, 5.74) is 4.01. The Kier molecular flexibility index (Phi) is 6.49. The summed E-state index contributed by atoms with van der Waals surface area (Å²) in [5, 5.41) is 13.6. The second-order valence-corrected chi connectivity index (χ2v) is 8.78. The van der Waals surface area contributed by atoms with Crippen LogP contribution in [0.15, 0.2) is 93.6 Å². The van der Waals surface area contributed by atoms with Crippen molar-refractivity contribution in [3.05, 3.63) is 128 Å². The smallest absolute Gasteiger partial charge is 0.349 e. The molecule has 5 rings (SSSR count). The summed E-state index contributed by atoms with van der Waals surface area (Å²) >= 11 is 0. The standard InChI is InChI=1S/C29H24N4O5/c1-18-15-22(16-30-33-27(34)25-5-3-4-6-26(25)31-29(33)37)19(2)32(18)23-11-13-24(14-12-23)38-17-20-7-9-21(10-8-20)28(35)36/h3-16H,17H2,1-2H3,(H,31,37)(H,35,36). The van der Waals surface area contributed by atoms with Gasteiger partial charge in [0.15, 0.2) is 0 Å². The van der Waals surface area contributed by atoms with E-state index in [0.29, 0.717) is 23.3 Å². The molecule has 0 atom stereocenters. The average Bonchev–Trinajstić information content (AvgIpc) is 3.20. The molecule has 9 heteroatoms. The summed E-state index contributed by atoms with van der Waals surface area (Å²) in [4.78, 5) is 38.9. The second-order valence-electron chi connectivity index (χ2n) is 8.78. The van der Waals surface area contributed by atoms with Crippen molar-refractivity contribution >= 4 is 23.1 Å². The van der Waals surface area contributed by atoms with Gasteiger partial charge in [0.2, 0.25) is 0 Å². The van der Waals surface area contributed by atoms with Gasteiger partial charge in [0.05, 0.1) is 22.7 Å². The largest absolute Gasteiger partial charge is 0.489 e. The van der Waals surface area contributed by atoms with Crippen LogP contribution in [0, 0.1) is 13.8 Å². The number of H-pyrrole nitrogens is 1. The van der Waals surface area contributed by atoms with E-state index >= 15 is 0 Å². The van der Waals surface area contributed by atoms with Gasteiger partial charge in [-0.15, -0.1) is 4.68 Å². The molecule has 0 amide bonds. The van der Waals surface area contributed by atoms with E-state index in [1.54, 1.807) is 48.5 Å². The van der Waals surface area contributed by atoms with Crippen molar-refractivity contribution in [2.75, 3.05) is 0 Å². The maximum Gasteiger partial charge on any atom is 0.349 e. The number of aryl methyl sites for hydroxylation is 1. The third-order valence-corrected chi connectivity index (χ3v) is 6.27. The summed E-state index contributed by atoms with van der Waals surface area (Å²) < 4.78 is 8.72. The molecule has 0 spiro atoms. The van der Waals surface area contributed by atoms with E-state index in [4.69, 9.17) is 9.84 Å². The van der Waals surface area contributed by atoms with Crippen molar-refractivity contribution in [3.63, 3.8) is 0 Å². The minimum Gasteiger partial charge on any atom is -0.489 e. The van der Waals surface area contributed by atoms with E-state index in [1.807, 2.05) is 48.7 Å². The van der Waals surface area contributed by atoms with E-state index in [9.17, 15) is 14.4 Å². The Morgan fingerprint density at radius 3 is 2.42 bits per heavy atom. The SMILES string of the molecule is Cc1cc(C=Nn2c(=O)[nH]c3ccccc3c2=O)c(C)n1-c1ccc(OCc2ccc(C(=O)O)cc2)cc1. The highest BCUT2D eigenvalue weighted by Gasteiger charge is 2.11. The molecule has 0 saturated heterocycles. The molecule has 0 aliphatic rings. The third kappa shape index (κ3) is 4.77. The number of nitrogens with zero attached hydrogens (tertiary/aromatic N) is 3. The number of carboxylic acids is 1. The predicted molar refractivity (Wildman–Crippen MR) is 145 cm³/mol. The van der Waals surface area contributed by atoms with Crippen LogP contribution in [0.4, 0.5) is 0 Å². The maximum atomic E-state index is 12.8. The van der Waals surface area contributed by atoms with Crippen molar-refractivity contribution in [1.29, 1.82) is 0 Å². The summed E-state index contributed by atoms with van der Waals surface area (Å²) in [5.74, 6) is -0.287. The zero-order valence-corrected chi connectivity index (χ0v) is 20.7. The summed E-state index contributed by atoms with van der Waals surface area (Å²) in [7, 11) is 0. The third-order valence-electron chi connectivity index (χ3n) is 6.27. The predicted octanol–water partition coefficient (Wildman–Crippen LogP) is 4.26.